The first-order valence-corrected chi connectivity index (χ1v) is 6.27. The summed E-state index contributed by atoms with van der Waals surface area (Å²) in [6.45, 7) is 0. The van der Waals surface area contributed by atoms with Gasteiger partial charge in [0.15, 0.2) is 3.95 Å². The molecule has 0 amide bonds. The molecule has 1 heterocycles. The highest BCUT2D eigenvalue weighted by Crippen LogP contribution is 2.41. The highest BCUT2D eigenvalue weighted by atomic mass is 79.9. The maximum Gasteiger partial charge on any atom is 0.159 e. The van der Waals surface area contributed by atoms with Crippen molar-refractivity contribution in [3.8, 4) is 11.3 Å². The Kier molecular flexibility index (Phi) is 1.90. The van der Waals surface area contributed by atoms with Crippen molar-refractivity contribution < 1.29 is 0 Å². The second kappa shape index (κ2) is 3.02. The second-order valence-corrected chi connectivity index (χ2v) is 5.88. The molecule has 0 saturated carbocycles. The van der Waals surface area contributed by atoms with Crippen molar-refractivity contribution in [2.75, 3.05) is 0 Å². The molecule has 1 aliphatic rings. The Labute approximate surface area is 98.9 Å². The molecular weight excluding hydrogens is 278 g/mol. The third-order valence-corrected chi connectivity index (χ3v) is 4.42. The second-order valence-electron chi connectivity index (χ2n) is 3.26. The van der Waals surface area contributed by atoms with Crippen LogP contribution in [0.5, 0.6) is 0 Å². The van der Waals surface area contributed by atoms with E-state index in [9.17, 15) is 0 Å². The van der Waals surface area contributed by atoms with Gasteiger partial charge in [-0.25, -0.2) is 0 Å². The molecule has 3 rings (SSSR count). The third kappa shape index (κ3) is 1.14. The topological polar surface area (TPSA) is 15.8 Å². The van der Waals surface area contributed by atoms with E-state index >= 15 is 0 Å². The Morgan fingerprint density at radius 2 is 2.29 bits per heavy atom. The number of hydrogen-bond acceptors (Lipinski definition) is 2. The zero-order valence-electron chi connectivity index (χ0n) is 7.13. The van der Waals surface area contributed by atoms with E-state index in [0.717, 1.165) is 10.4 Å². The smallest absolute Gasteiger partial charge is 0.159 e. The summed E-state index contributed by atoms with van der Waals surface area (Å²) in [6.07, 6.45) is 1.00. The fraction of sp³-hybridized carbons (Fsp3) is 0.100. The Balaban J connectivity index is 2.35. The molecule has 2 aromatic rings. The number of aromatic amines is 1. The van der Waals surface area contributed by atoms with Gasteiger partial charge in [0.25, 0.3) is 0 Å². The van der Waals surface area contributed by atoms with Crippen molar-refractivity contribution in [1.29, 1.82) is 0 Å². The summed E-state index contributed by atoms with van der Waals surface area (Å²) in [5.74, 6) is 0. The standard InChI is InChI=1S/C10H6BrNS2/c11-7-3-1-2-5-6(7)4-8-9(5)12-10(13)14-8/h1-3H,4H2,(H,12,13). The quantitative estimate of drug-likeness (QED) is 0.613. The molecule has 1 N–H and O–H groups in total. The molecule has 14 heavy (non-hydrogen) atoms. The van der Waals surface area contributed by atoms with Crippen LogP contribution in [0.15, 0.2) is 22.7 Å². The highest BCUT2D eigenvalue weighted by molar-refractivity contribution is 9.10. The van der Waals surface area contributed by atoms with Crippen LogP contribution in [0.1, 0.15) is 10.4 Å². The summed E-state index contributed by atoms with van der Waals surface area (Å²) in [4.78, 5) is 4.61. The monoisotopic (exact) mass is 283 g/mol. The predicted molar refractivity (Wildman–Crippen MR) is 65.4 cm³/mol. The van der Waals surface area contributed by atoms with E-state index in [4.69, 9.17) is 12.2 Å². The van der Waals surface area contributed by atoms with Crippen LogP contribution in [0.4, 0.5) is 0 Å². The SMILES string of the molecule is S=c1[nH]c2c(s1)Cc1c(Br)cccc1-2. The molecule has 1 aliphatic carbocycles. The molecule has 0 saturated heterocycles. The molecule has 1 aromatic carbocycles. The van der Waals surface area contributed by atoms with Crippen LogP contribution in [-0.2, 0) is 6.42 Å². The largest absolute Gasteiger partial charge is 0.337 e. The summed E-state index contributed by atoms with van der Waals surface area (Å²) in [5.41, 5.74) is 3.89. The van der Waals surface area contributed by atoms with Crippen LogP contribution in [0.25, 0.3) is 11.3 Å². The van der Waals surface area contributed by atoms with E-state index in [1.165, 1.54) is 26.2 Å². The van der Waals surface area contributed by atoms with Crippen molar-refractivity contribution in [3.63, 3.8) is 0 Å². The van der Waals surface area contributed by atoms with Gasteiger partial charge in [0.05, 0.1) is 5.69 Å². The van der Waals surface area contributed by atoms with Gasteiger partial charge < -0.3 is 4.98 Å². The van der Waals surface area contributed by atoms with Crippen LogP contribution in [0.2, 0.25) is 0 Å². The van der Waals surface area contributed by atoms with Crippen molar-refractivity contribution in [1.82, 2.24) is 4.98 Å². The van der Waals surface area contributed by atoms with Crippen molar-refractivity contribution >= 4 is 39.5 Å². The van der Waals surface area contributed by atoms with Gasteiger partial charge in [-0.3, -0.25) is 0 Å². The molecule has 70 valence electrons. The average Bonchev–Trinajstić information content (AvgIpc) is 2.63. The van der Waals surface area contributed by atoms with Crippen LogP contribution in [0, 0.1) is 3.95 Å². The zero-order valence-corrected chi connectivity index (χ0v) is 10.4. The molecule has 0 atom stereocenters. The van der Waals surface area contributed by atoms with Crippen LogP contribution < -0.4 is 0 Å². The normalized spacial score (nSPS) is 12.6. The Morgan fingerprint density at radius 3 is 3.14 bits per heavy atom. The van der Waals surface area contributed by atoms with Gasteiger partial charge in [0.2, 0.25) is 0 Å². The van der Waals surface area contributed by atoms with E-state index in [2.05, 4.69) is 39.1 Å². The van der Waals surface area contributed by atoms with Crippen LogP contribution in [0.3, 0.4) is 0 Å². The predicted octanol–water partition coefficient (Wildman–Crippen LogP) is 4.14. The maximum absolute atomic E-state index is 5.13. The lowest BCUT2D eigenvalue weighted by Crippen LogP contribution is -1.81. The van der Waals surface area contributed by atoms with Gasteiger partial charge in [0.1, 0.15) is 0 Å². The first-order valence-electron chi connectivity index (χ1n) is 4.25. The number of rotatable bonds is 0. The zero-order chi connectivity index (χ0) is 9.71. The van der Waals surface area contributed by atoms with Gasteiger partial charge >= 0.3 is 0 Å². The van der Waals surface area contributed by atoms with Gasteiger partial charge in [-0.1, -0.05) is 28.1 Å². The van der Waals surface area contributed by atoms with Gasteiger partial charge in [-0.2, -0.15) is 0 Å². The lowest BCUT2D eigenvalue weighted by Gasteiger charge is -2.00. The van der Waals surface area contributed by atoms with Crippen LogP contribution in [-0.4, -0.2) is 4.98 Å². The van der Waals surface area contributed by atoms with E-state index in [1.807, 2.05) is 0 Å². The summed E-state index contributed by atoms with van der Waals surface area (Å²) in [5, 5.41) is 0. The number of H-pyrrole nitrogens is 1. The fourth-order valence-corrected chi connectivity index (χ4v) is 3.60. The Morgan fingerprint density at radius 1 is 1.43 bits per heavy atom. The Bertz CT molecular complexity index is 568. The molecular formula is C10H6BrNS2. The third-order valence-electron chi connectivity index (χ3n) is 2.45. The average molecular weight is 284 g/mol. The lowest BCUT2D eigenvalue weighted by atomic mass is 10.1. The molecule has 0 bridgehead atoms. The van der Waals surface area contributed by atoms with E-state index in [0.29, 0.717) is 0 Å². The lowest BCUT2D eigenvalue weighted by molar-refractivity contribution is 1.29. The summed E-state index contributed by atoms with van der Waals surface area (Å²) >= 11 is 10.4. The van der Waals surface area contributed by atoms with Crippen LogP contribution >= 0.6 is 39.5 Å². The molecule has 4 heteroatoms. The first kappa shape index (κ1) is 8.83. The Hall–Kier alpha value is -0.450. The summed E-state index contributed by atoms with van der Waals surface area (Å²) in [7, 11) is 0. The molecule has 1 nitrogen and oxygen atoms in total. The summed E-state index contributed by atoms with van der Waals surface area (Å²) in [6, 6.07) is 6.29. The molecule has 1 aromatic heterocycles. The highest BCUT2D eigenvalue weighted by Gasteiger charge is 2.22. The van der Waals surface area contributed by atoms with E-state index in [-0.39, 0.29) is 0 Å². The van der Waals surface area contributed by atoms with Crippen molar-refractivity contribution in [2.24, 2.45) is 0 Å². The van der Waals surface area contributed by atoms with Crippen molar-refractivity contribution in [2.45, 2.75) is 6.42 Å². The number of fused-ring (bicyclic) bond motifs is 3. The van der Waals surface area contributed by atoms with Gasteiger partial charge in [0, 0.05) is 21.3 Å². The van der Waals surface area contributed by atoms with E-state index < -0.39 is 0 Å². The minimum Gasteiger partial charge on any atom is -0.337 e. The number of benzene rings is 1. The van der Waals surface area contributed by atoms with Gasteiger partial charge in [-0.05, 0) is 23.8 Å². The molecule has 0 unspecified atom stereocenters. The maximum atomic E-state index is 5.13. The number of hydrogen-bond donors (Lipinski definition) is 1. The number of thiazole rings is 1. The first-order chi connectivity index (χ1) is 6.75. The number of halogens is 1. The molecule has 0 spiro atoms. The molecule has 0 fully saturated rings. The molecule has 0 aliphatic heterocycles. The minimum atomic E-state index is 0.876. The van der Waals surface area contributed by atoms with E-state index in [1.54, 1.807) is 11.3 Å². The number of nitrogens with one attached hydrogen (secondary N) is 1. The number of aromatic nitrogens is 1. The molecule has 0 radical (unpaired) electrons. The van der Waals surface area contributed by atoms with Gasteiger partial charge in [-0.15, -0.1) is 11.3 Å². The fourth-order valence-electron chi connectivity index (χ4n) is 1.84. The van der Waals surface area contributed by atoms with Crippen molar-refractivity contribution in [3.05, 3.63) is 37.1 Å². The summed E-state index contributed by atoms with van der Waals surface area (Å²) < 4.78 is 2.07. The minimum absolute atomic E-state index is 0.876.